The van der Waals surface area contributed by atoms with Crippen LogP contribution in [0.15, 0.2) is 0 Å². The number of nitrogens with zero attached hydrogens (tertiary/aromatic N) is 1. The molecule has 0 radical (unpaired) electrons. The summed E-state index contributed by atoms with van der Waals surface area (Å²) in [4.78, 5) is 13.8. The van der Waals surface area contributed by atoms with Gasteiger partial charge in [-0.1, -0.05) is 6.42 Å². The highest BCUT2D eigenvalue weighted by molar-refractivity contribution is 7.98. The Bertz CT molecular complexity index is 172. The lowest BCUT2D eigenvalue weighted by Gasteiger charge is -2.29. The van der Waals surface area contributed by atoms with Gasteiger partial charge in [-0.25, -0.2) is 0 Å². The number of carbonyl (C=O) groups is 1. The van der Waals surface area contributed by atoms with Gasteiger partial charge in [0.1, 0.15) is 5.78 Å². The van der Waals surface area contributed by atoms with E-state index in [1.54, 1.807) is 0 Å². The number of Topliss-reactive ketones (excluding diaryl/α,β-unsaturated/α-hetero) is 1. The van der Waals surface area contributed by atoms with Crippen molar-refractivity contribution in [2.45, 2.75) is 31.7 Å². The van der Waals surface area contributed by atoms with Gasteiger partial charge in [-0.3, -0.25) is 9.69 Å². The lowest BCUT2D eigenvalue weighted by molar-refractivity contribution is -0.125. The van der Waals surface area contributed by atoms with E-state index in [0.717, 1.165) is 31.6 Å². The zero-order valence-corrected chi connectivity index (χ0v) is 9.40. The van der Waals surface area contributed by atoms with Crippen molar-refractivity contribution >= 4 is 17.5 Å². The Morgan fingerprint density at radius 3 is 2.92 bits per heavy atom. The smallest absolute Gasteiger partial charge is 0.149 e. The summed E-state index contributed by atoms with van der Waals surface area (Å²) in [6, 6.07) is 0.223. The molecule has 1 atom stereocenters. The molecule has 0 N–H and O–H groups in total. The summed E-state index contributed by atoms with van der Waals surface area (Å²) >= 11 is 1.84. The first-order chi connectivity index (χ1) is 6.25. The van der Waals surface area contributed by atoms with Crippen LogP contribution >= 0.6 is 11.8 Å². The minimum absolute atomic E-state index is 0.223. The molecule has 0 bridgehead atoms. The average molecular weight is 201 g/mol. The summed E-state index contributed by atoms with van der Waals surface area (Å²) in [5, 5.41) is 0. The largest absolute Gasteiger partial charge is 0.298 e. The molecular formula is C10H19NOS. The molecule has 0 aromatic carbocycles. The van der Waals surface area contributed by atoms with Crippen molar-refractivity contribution < 1.29 is 4.79 Å². The minimum Gasteiger partial charge on any atom is -0.298 e. The van der Waals surface area contributed by atoms with Crippen molar-refractivity contribution in [1.29, 1.82) is 0 Å². The summed E-state index contributed by atoms with van der Waals surface area (Å²) in [6.45, 7) is 1.04. The van der Waals surface area contributed by atoms with Crippen LogP contribution in [0.3, 0.4) is 0 Å². The van der Waals surface area contributed by atoms with Gasteiger partial charge in [0, 0.05) is 18.7 Å². The maximum Gasteiger partial charge on any atom is 0.149 e. The maximum atomic E-state index is 11.6. The molecule has 0 aliphatic heterocycles. The van der Waals surface area contributed by atoms with E-state index in [1.165, 1.54) is 6.42 Å². The van der Waals surface area contributed by atoms with E-state index in [0.29, 0.717) is 5.78 Å². The Morgan fingerprint density at radius 1 is 1.54 bits per heavy atom. The molecule has 0 aromatic heterocycles. The third-order valence-electron chi connectivity index (χ3n) is 2.70. The Kier molecular flexibility index (Phi) is 4.81. The lowest BCUT2D eigenvalue weighted by atomic mass is 9.93. The van der Waals surface area contributed by atoms with Gasteiger partial charge < -0.3 is 0 Å². The molecule has 1 rings (SSSR count). The van der Waals surface area contributed by atoms with Gasteiger partial charge in [0.05, 0.1) is 6.04 Å². The normalized spacial score (nSPS) is 23.9. The topological polar surface area (TPSA) is 20.3 Å². The zero-order valence-electron chi connectivity index (χ0n) is 8.58. The number of thioether (sulfide) groups is 1. The van der Waals surface area contributed by atoms with Gasteiger partial charge in [0.25, 0.3) is 0 Å². The molecule has 76 valence electrons. The number of ketones is 1. The molecule has 1 fully saturated rings. The molecule has 0 spiro atoms. The Morgan fingerprint density at radius 2 is 2.31 bits per heavy atom. The number of hydrogen-bond donors (Lipinski definition) is 0. The van der Waals surface area contributed by atoms with Crippen LogP contribution in [0.4, 0.5) is 0 Å². The number of hydrogen-bond acceptors (Lipinski definition) is 3. The van der Waals surface area contributed by atoms with Crippen LogP contribution in [0.25, 0.3) is 0 Å². The molecule has 0 saturated heterocycles. The summed E-state index contributed by atoms with van der Waals surface area (Å²) in [6.07, 6.45) is 6.31. The molecule has 1 unspecified atom stereocenters. The second-order valence-corrected chi connectivity index (χ2v) is 4.69. The van der Waals surface area contributed by atoms with E-state index >= 15 is 0 Å². The van der Waals surface area contributed by atoms with Crippen LogP contribution in [0.2, 0.25) is 0 Å². The van der Waals surface area contributed by atoms with Crippen molar-refractivity contribution in [1.82, 2.24) is 4.90 Å². The summed E-state index contributed by atoms with van der Waals surface area (Å²) in [5.41, 5.74) is 0. The Labute approximate surface area is 85.1 Å². The van der Waals surface area contributed by atoms with Gasteiger partial charge in [-0.05, 0) is 26.1 Å². The molecule has 2 nitrogen and oxygen atoms in total. The number of carbonyl (C=O) groups excluding carboxylic acids is 1. The molecule has 3 heteroatoms. The van der Waals surface area contributed by atoms with Crippen molar-refractivity contribution in [3.05, 3.63) is 0 Å². The average Bonchev–Trinajstić information content (AvgIpc) is 2.15. The summed E-state index contributed by atoms with van der Waals surface area (Å²) in [7, 11) is 2.07. The van der Waals surface area contributed by atoms with Gasteiger partial charge >= 0.3 is 0 Å². The van der Waals surface area contributed by atoms with Gasteiger partial charge in [-0.15, -0.1) is 0 Å². The third-order valence-corrected chi connectivity index (χ3v) is 3.29. The van der Waals surface area contributed by atoms with Crippen LogP contribution in [0.5, 0.6) is 0 Å². The molecule has 0 heterocycles. The predicted octanol–water partition coefficient (Wildman–Crippen LogP) is 1.79. The van der Waals surface area contributed by atoms with Crippen LogP contribution in [-0.2, 0) is 4.79 Å². The zero-order chi connectivity index (χ0) is 9.68. The van der Waals surface area contributed by atoms with Gasteiger partial charge in [0.2, 0.25) is 0 Å². The predicted molar refractivity (Wildman–Crippen MR) is 58.3 cm³/mol. The van der Waals surface area contributed by atoms with E-state index in [9.17, 15) is 4.79 Å². The lowest BCUT2D eigenvalue weighted by Crippen LogP contribution is -2.41. The first-order valence-electron chi connectivity index (χ1n) is 4.97. The second-order valence-electron chi connectivity index (χ2n) is 3.70. The monoisotopic (exact) mass is 201 g/mol. The van der Waals surface area contributed by atoms with E-state index in [-0.39, 0.29) is 6.04 Å². The van der Waals surface area contributed by atoms with E-state index in [4.69, 9.17) is 0 Å². The minimum atomic E-state index is 0.223. The highest BCUT2D eigenvalue weighted by Crippen LogP contribution is 2.18. The molecular weight excluding hydrogens is 182 g/mol. The van der Waals surface area contributed by atoms with E-state index in [2.05, 4.69) is 18.2 Å². The fourth-order valence-electron chi connectivity index (χ4n) is 1.82. The number of rotatable bonds is 4. The fraction of sp³-hybridized carbons (Fsp3) is 0.900. The highest BCUT2D eigenvalue weighted by atomic mass is 32.2. The quantitative estimate of drug-likeness (QED) is 0.691. The Hall–Kier alpha value is -0.0200. The van der Waals surface area contributed by atoms with Crippen molar-refractivity contribution in [3.63, 3.8) is 0 Å². The molecule has 13 heavy (non-hydrogen) atoms. The van der Waals surface area contributed by atoms with Crippen molar-refractivity contribution in [3.8, 4) is 0 Å². The fourth-order valence-corrected chi connectivity index (χ4v) is 2.29. The van der Waals surface area contributed by atoms with Gasteiger partial charge in [0.15, 0.2) is 0 Å². The van der Waals surface area contributed by atoms with Crippen molar-refractivity contribution in [2.24, 2.45) is 0 Å². The first kappa shape index (κ1) is 11.1. The van der Waals surface area contributed by atoms with Crippen LogP contribution in [0, 0.1) is 0 Å². The molecule has 1 saturated carbocycles. The second kappa shape index (κ2) is 5.66. The molecule has 1 aliphatic carbocycles. The summed E-state index contributed by atoms with van der Waals surface area (Å²) in [5.74, 6) is 1.58. The molecule has 0 aromatic rings. The van der Waals surface area contributed by atoms with Crippen LogP contribution in [-0.4, -0.2) is 42.3 Å². The number of likely N-dealkylation sites (N-methyl/N-ethyl adjacent to an activating group) is 1. The van der Waals surface area contributed by atoms with Crippen LogP contribution in [0.1, 0.15) is 25.7 Å². The molecule has 1 aliphatic rings. The standard InChI is InChI=1S/C10H19NOS/c1-11(7-8-13-2)9-5-3-4-6-10(9)12/h9H,3-8H2,1-2H3. The van der Waals surface area contributed by atoms with Gasteiger partial charge in [-0.2, -0.15) is 11.8 Å². The maximum absolute atomic E-state index is 11.6. The SMILES string of the molecule is CSCCN(C)C1CCCCC1=O. The van der Waals surface area contributed by atoms with Crippen LogP contribution < -0.4 is 0 Å². The molecule has 0 amide bonds. The first-order valence-corrected chi connectivity index (χ1v) is 6.37. The van der Waals surface area contributed by atoms with E-state index in [1.807, 2.05) is 11.8 Å². The highest BCUT2D eigenvalue weighted by Gasteiger charge is 2.25. The van der Waals surface area contributed by atoms with E-state index < -0.39 is 0 Å². The van der Waals surface area contributed by atoms with Crippen molar-refractivity contribution in [2.75, 3.05) is 25.6 Å². The summed E-state index contributed by atoms with van der Waals surface area (Å²) < 4.78 is 0. The third kappa shape index (κ3) is 3.31. The Balaban J connectivity index is 2.34.